The van der Waals surface area contributed by atoms with E-state index < -0.39 is 10.8 Å². The van der Waals surface area contributed by atoms with Gasteiger partial charge in [0.2, 0.25) is 0 Å². The van der Waals surface area contributed by atoms with Gasteiger partial charge in [0.25, 0.3) is 0 Å². The van der Waals surface area contributed by atoms with Crippen molar-refractivity contribution in [1.29, 1.82) is 0 Å². The van der Waals surface area contributed by atoms with Crippen molar-refractivity contribution in [2.45, 2.75) is 37.0 Å². The molecule has 36 heavy (non-hydrogen) atoms. The molecule has 5 rings (SSSR count). The fourth-order valence-corrected chi connectivity index (χ4v) is 5.85. The van der Waals surface area contributed by atoms with Crippen molar-refractivity contribution >= 4 is 44.0 Å². The number of aromatic nitrogens is 4. The van der Waals surface area contributed by atoms with Crippen molar-refractivity contribution in [3.05, 3.63) is 53.3 Å². The summed E-state index contributed by atoms with van der Waals surface area (Å²) in [5.74, 6) is 1.26. The number of thiazole rings is 1. The van der Waals surface area contributed by atoms with Gasteiger partial charge in [0.15, 0.2) is 10.9 Å². The number of hydrogen-bond acceptors (Lipinski definition) is 9. The molecule has 190 valence electrons. The number of aromatic amines is 1. The molecular formula is C25H30N6O3S2. The van der Waals surface area contributed by atoms with E-state index in [1.54, 1.807) is 17.5 Å². The number of fused-ring (bicyclic) bond motifs is 1. The maximum atomic E-state index is 13.0. The molecule has 3 aromatic heterocycles. The van der Waals surface area contributed by atoms with Gasteiger partial charge >= 0.3 is 0 Å². The van der Waals surface area contributed by atoms with E-state index in [1.165, 1.54) is 4.88 Å². The number of morpholine rings is 1. The molecule has 0 spiro atoms. The van der Waals surface area contributed by atoms with Crippen molar-refractivity contribution < 1.29 is 13.7 Å². The number of rotatable bonds is 10. The predicted molar refractivity (Wildman–Crippen MR) is 143 cm³/mol. The molecule has 0 radical (unpaired) electrons. The number of nitrogens with one attached hydrogen (secondary N) is 2. The SMILES string of the molecule is CC(C)S(=O)c1cc(OCCc2ccccn2)c2[nH]nc(Nc3ncc(CN4CCOCC4)s3)c2c1. The number of benzene rings is 1. The molecule has 4 aromatic rings. The van der Waals surface area contributed by atoms with Gasteiger partial charge in [0, 0.05) is 64.6 Å². The smallest absolute Gasteiger partial charge is 0.188 e. The lowest BCUT2D eigenvalue weighted by Crippen LogP contribution is -2.35. The zero-order chi connectivity index (χ0) is 24.9. The van der Waals surface area contributed by atoms with Crippen LogP contribution in [0.2, 0.25) is 0 Å². The summed E-state index contributed by atoms with van der Waals surface area (Å²) in [5.41, 5.74) is 1.72. The molecule has 1 saturated heterocycles. The fourth-order valence-electron chi connectivity index (χ4n) is 3.99. The molecular weight excluding hydrogens is 496 g/mol. The Bertz CT molecular complexity index is 1320. The lowest BCUT2D eigenvalue weighted by molar-refractivity contribution is 0.0346. The van der Waals surface area contributed by atoms with E-state index in [0.29, 0.717) is 29.5 Å². The van der Waals surface area contributed by atoms with Gasteiger partial charge in [-0.15, -0.1) is 11.3 Å². The molecule has 11 heteroatoms. The number of hydrogen-bond donors (Lipinski definition) is 2. The standard InChI is InChI=1S/C25H30N6O3S2/c1-17(2)36(32)20-13-21-23(22(14-20)34-10-6-18-5-3-4-7-26-18)29-30-24(21)28-25-27-15-19(35-25)16-31-8-11-33-12-9-31/h3-5,7,13-15,17H,6,8-12,16H2,1-2H3,(H2,27,28,29,30). The van der Waals surface area contributed by atoms with Crippen LogP contribution in [0.15, 0.2) is 47.6 Å². The minimum absolute atomic E-state index is 0.0196. The average Bonchev–Trinajstić information content (AvgIpc) is 3.51. The first-order chi connectivity index (χ1) is 17.6. The van der Waals surface area contributed by atoms with Crippen LogP contribution in [0.25, 0.3) is 10.9 Å². The van der Waals surface area contributed by atoms with Crippen LogP contribution in [-0.4, -0.2) is 67.4 Å². The van der Waals surface area contributed by atoms with Gasteiger partial charge in [0.05, 0.1) is 30.6 Å². The van der Waals surface area contributed by atoms with Crippen LogP contribution in [0.4, 0.5) is 10.9 Å². The van der Waals surface area contributed by atoms with Crippen LogP contribution in [0, 0.1) is 0 Å². The van der Waals surface area contributed by atoms with Gasteiger partial charge in [-0.3, -0.25) is 19.2 Å². The molecule has 0 bridgehead atoms. The first-order valence-corrected chi connectivity index (χ1v) is 14.1. The van der Waals surface area contributed by atoms with Crippen LogP contribution in [0.3, 0.4) is 0 Å². The lowest BCUT2D eigenvalue weighted by Gasteiger charge is -2.25. The zero-order valence-electron chi connectivity index (χ0n) is 20.4. The molecule has 1 unspecified atom stereocenters. The van der Waals surface area contributed by atoms with Gasteiger partial charge in [-0.1, -0.05) is 19.9 Å². The summed E-state index contributed by atoms with van der Waals surface area (Å²) in [6.07, 6.45) is 4.35. The largest absolute Gasteiger partial charge is 0.491 e. The average molecular weight is 527 g/mol. The Balaban J connectivity index is 1.37. The van der Waals surface area contributed by atoms with Crippen LogP contribution < -0.4 is 10.1 Å². The highest BCUT2D eigenvalue weighted by molar-refractivity contribution is 7.85. The summed E-state index contributed by atoms with van der Waals surface area (Å²) < 4.78 is 24.6. The topological polar surface area (TPSA) is 105 Å². The molecule has 0 amide bonds. The second kappa shape index (κ2) is 11.5. The Kier molecular flexibility index (Phi) is 7.90. The first-order valence-electron chi connectivity index (χ1n) is 12.0. The van der Waals surface area contributed by atoms with Crippen molar-refractivity contribution in [2.24, 2.45) is 0 Å². The quantitative estimate of drug-likeness (QED) is 0.318. The third kappa shape index (κ3) is 5.92. The summed E-state index contributed by atoms with van der Waals surface area (Å²) in [5, 5.41) is 12.5. The van der Waals surface area contributed by atoms with Gasteiger partial charge in [0.1, 0.15) is 11.3 Å². The number of pyridine rings is 1. The Morgan fingerprint density at radius 3 is 2.89 bits per heavy atom. The number of ether oxygens (including phenoxy) is 2. The van der Waals surface area contributed by atoms with Crippen molar-refractivity contribution in [2.75, 3.05) is 38.2 Å². The molecule has 1 aliphatic heterocycles. The van der Waals surface area contributed by atoms with E-state index >= 15 is 0 Å². The fraction of sp³-hybridized carbons (Fsp3) is 0.400. The Morgan fingerprint density at radius 2 is 2.11 bits per heavy atom. The van der Waals surface area contributed by atoms with Crippen LogP contribution in [0.1, 0.15) is 24.4 Å². The second-order valence-corrected chi connectivity index (χ2v) is 12.0. The molecule has 1 atom stereocenters. The lowest BCUT2D eigenvalue weighted by atomic mass is 10.2. The second-order valence-electron chi connectivity index (χ2n) is 8.83. The van der Waals surface area contributed by atoms with E-state index in [2.05, 4.69) is 30.4 Å². The molecule has 0 saturated carbocycles. The van der Waals surface area contributed by atoms with E-state index in [9.17, 15) is 4.21 Å². The van der Waals surface area contributed by atoms with Gasteiger partial charge < -0.3 is 14.8 Å². The third-order valence-electron chi connectivity index (χ3n) is 5.87. The van der Waals surface area contributed by atoms with Crippen molar-refractivity contribution in [3.63, 3.8) is 0 Å². The highest BCUT2D eigenvalue weighted by Crippen LogP contribution is 2.34. The zero-order valence-corrected chi connectivity index (χ0v) is 22.0. The molecule has 1 fully saturated rings. The molecule has 4 heterocycles. The highest BCUT2D eigenvalue weighted by atomic mass is 32.2. The Morgan fingerprint density at radius 1 is 1.25 bits per heavy atom. The van der Waals surface area contributed by atoms with Gasteiger partial charge in [-0.25, -0.2) is 4.98 Å². The number of H-pyrrole nitrogens is 1. The molecule has 0 aliphatic carbocycles. The van der Waals surface area contributed by atoms with Crippen LogP contribution in [0.5, 0.6) is 5.75 Å². The van der Waals surface area contributed by atoms with Crippen molar-refractivity contribution in [1.82, 2.24) is 25.1 Å². The van der Waals surface area contributed by atoms with E-state index in [0.717, 1.165) is 54.6 Å². The number of nitrogens with zero attached hydrogens (tertiary/aromatic N) is 4. The van der Waals surface area contributed by atoms with Crippen LogP contribution in [-0.2, 0) is 28.5 Å². The predicted octanol–water partition coefficient (Wildman–Crippen LogP) is 4.13. The summed E-state index contributed by atoms with van der Waals surface area (Å²) >= 11 is 1.61. The summed E-state index contributed by atoms with van der Waals surface area (Å²) in [6, 6.07) is 9.60. The monoisotopic (exact) mass is 526 g/mol. The van der Waals surface area contributed by atoms with Crippen molar-refractivity contribution in [3.8, 4) is 5.75 Å². The molecule has 1 aliphatic rings. The van der Waals surface area contributed by atoms with E-state index in [1.807, 2.05) is 50.4 Å². The maximum absolute atomic E-state index is 13.0. The summed E-state index contributed by atoms with van der Waals surface area (Å²) in [7, 11) is -1.17. The summed E-state index contributed by atoms with van der Waals surface area (Å²) in [4.78, 5) is 13.2. The van der Waals surface area contributed by atoms with Gasteiger partial charge in [-0.05, 0) is 24.3 Å². The maximum Gasteiger partial charge on any atom is 0.188 e. The molecule has 2 N–H and O–H groups in total. The minimum Gasteiger partial charge on any atom is -0.491 e. The highest BCUT2D eigenvalue weighted by Gasteiger charge is 2.19. The molecule has 9 nitrogen and oxygen atoms in total. The van der Waals surface area contributed by atoms with Crippen LogP contribution >= 0.6 is 11.3 Å². The normalized spacial score (nSPS) is 15.4. The summed E-state index contributed by atoms with van der Waals surface area (Å²) in [6.45, 7) is 8.61. The van der Waals surface area contributed by atoms with Gasteiger partial charge in [-0.2, -0.15) is 5.10 Å². The van der Waals surface area contributed by atoms with E-state index in [4.69, 9.17) is 9.47 Å². The third-order valence-corrected chi connectivity index (χ3v) is 8.33. The minimum atomic E-state index is -1.17. The van der Waals surface area contributed by atoms with E-state index in [-0.39, 0.29) is 5.25 Å². The Labute approximate surface area is 216 Å². The number of anilines is 2. The first kappa shape index (κ1) is 24.8. The Hall–Kier alpha value is -2.86. The molecule has 1 aromatic carbocycles.